The second-order valence-electron chi connectivity index (χ2n) is 4.94. The Kier molecular flexibility index (Phi) is 5.03. The molecule has 0 spiro atoms. The molecule has 1 heterocycles. The van der Waals surface area contributed by atoms with E-state index < -0.39 is 11.9 Å². The van der Waals surface area contributed by atoms with Crippen molar-refractivity contribution >= 4 is 11.9 Å². The van der Waals surface area contributed by atoms with Gasteiger partial charge in [0.2, 0.25) is 12.7 Å². The number of rotatable bonds is 7. The topological polar surface area (TPSA) is 84.9 Å². The average molecular weight is 293 g/mol. The zero-order valence-corrected chi connectivity index (χ0v) is 11.9. The van der Waals surface area contributed by atoms with Crippen molar-refractivity contribution in [3.63, 3.8) is 0 Å². The zero-order valence-electron chi connectivity index (χ0n) is 11.9. The minimum Gasteiger partial charge on any atom is -0.481 e. The van der Waals surface area contributed by atoms with Crippen molar-refractivity contribution in [1.29, 1.82) is 0 Å². The van der Waals surface area contributed by atoms with E-state index in [0.717, 1.165) is 11.3 Å². The van der Waals surface area contributed by atoms with Gasteiger partial charge >= 0.3 is 5.97 Å². The molecule has 2 rings (SSSR count). The van der Waals surface area contributed by atoms with Gasteiger partial charge in [0.05, 0.1) is 5.92 Å². The number of carbonyl (C=O) groups is 2. The highest BCUT2D eigenvalue weighted by Gasteiger charge is 2.16. The first-order chi connectivity index (χ1) is 10.1. The van der Waals surface area contributed by atoms with E-state index in [1.807, 2.05) is 18.2 Å². The molecule has 0 bridgehead atoms. The number of ether oxygens (including phenoxy) is 2. The van der Waals surface area contributed by atoms with Crippen LogP contribution in [-0.4, -0.2) is 30.3 Å². The van der Waals surface area contributed by atoms with Crippen LogP contribution in [0.15, 0.2) is 18.2 Å². The fourth-order valence-corrected chi connectivity index (χ4v) is 2.09. The van der Waals surface area contributed by atoms with E-state index >= 15 is 0 Å². The molecule has 2 N–H and O–H groups in total. The standard InChI is InChI=1S/C15H19NO5/c1-2-11(15(18)19)8-16-14(17)6-4-10-3-5-12-13(7-10)21-9-20-12/h3,5,7,11H,2,4,6,8-9H2,1H3,(H,16,17)(H,18,19). The molecule has 1 aliphatic rings. The summed E-state index contributed by atoms with van der Waals surface area (Å²) in [7, 11) is 0. The first kappa shape index (κ1) is 15.2. The van der Waals surface area contributed by atoms with Crippen molar-refractivity contribution in [3.8, 4) is 11.5 Å². The summed E-state index contributed by atoms with van der Waals surface area (Å²) < 4.78 is 10.5. The van der Waals surface area contributed by atoms with E-state index in [9.17, 15) is 9.59 Å². The van der Waals surface area contributed by atoms with E-state index in [-0.39, 0.29) is 19.2 Å². The summed E-state index contributed by atoms with van der Waals surface area (Å²) in [6, 6.07) is 5.59. The second-order valence-corrected chi connectivity index (χ2v) is 4.94. The SMILES string of the molecule is CCC(CNC(=O)CCc1ccc2c(c1)OCO2)C(=O)O. The molecule has 1 atom stereocenters. The quantitative estimate of drug-likeness (QED) is 0.797. The monoisotopic (exact) mass is 293 g/mol. The van der Waals surface area contributed by atoms with E-state index in [1.165, 1.54) is 0 Å². The lowest BCUT2D eigenvalue weighted by Crippen LogP contribution is -2.32. The molecule has 1 unspecified atom stereocenters. The van der Waals surface area contributed by atoms with Crippen LogP contribution in [0.1, 0.15) is 25.3 Å². The van der Waals surface area contributed by atoms with Crippen LogP contribution in [0.4, 0.5) is 0 Å². The Morgan fingerprint density at radius 1 is 1.33 bits per heavy atom. The van der Waals surface area contributed by atoms with Gasteiger partial charge in [-0.1, -0.05) is 13.0 Å². The minimum atomic E-state index is -0.881. The summed E-state index contributed by atoms with van der Waals surface area (Å²) in [6.45, 7) is 2.19. The molecule has 0 fully saturated rings. The number of aryl methyl sites for hydroxylation is 1. The Labute approximate surface area is 123 Å². The van der Waals surface area contributed by atoms with Gasteiger partial charge in [-0.2, -0.15) is 0 Å². The summed E-state index contributed by atoms with van der Waals surface area (Å²) in [5.74, 6) is -0.138. The highest BCUT2D eigenvalue weighted by atomic mass is 16.7. The maximum absolute atomic E-state index is 11.7. The van der Waals surface area contributed by atoms with Gasteiger partial charge in [-0.05, 0) is 30.5 Å². The lowest BCUT2D eigenvalue weighted by molar-refractivity contribution is -0.141. The van der Waals surface area contributed by atoms with Gasteiger partial charge in [-0.3, -0.25) is 9.59 Å². The molecule has 0 aliphatic carbocycles. The van der Waals surface area contributed by atoms with Crippen LogP contribution in [-0.2, 0) is 16.0 Å². The van der Waals surface area contributed by atoms with E-state index in [0.29, 0.717) is 25.0 Å². The summed E-state index contributed by atoms with van der Waals surface area (Å²) in [5.41, 5.74) is 0.986. The van der Waals surface area contributed by atoms with Crippen LogP contribution < -0.4 is 14.8 Å². The highest BCUT2D eigenvalue weighted by Crippen LogP contribution is 2.32. The Bertz CT molecular complexity index is 529. The van der Waals surface area contributed by atoms with Gasteiger partial charge in [0.15, 0.2) is 11.5 Å². The van der Waals surface area contributed by atoms with Gasteiger partial charge in [0.1, 0.15) is 0 Å². The number of fused-ring (bicyclic) bond motifs is 1. The first-order valence-electron chi connectivity index (χ1n) is 6.98. The molecule has 1 aromatic rings. The predicted octanol–water partition coefficient (Wildman–Crippen LogP) is 1.57. The maximum Gasteiger partial charge on any atom is 0.308 e. The number of hydrogen-bond donors (Lipinski definition) is 2. The molecule has 0 saturated heterocycles. The van der Waals surface area contributed by atoms with Gasteiger partial charge in [-0.25, -0.2) is 0 Å². The van der Waals surface area contributed by atoms with Crippen molar-refractivity contribution in [2.45, 2.75) is 26.2 Å². The van der Waals surface area contributed by atoms with Crippen LogP contribution in [0, 0.1) is 5.92 Å². The molecule has 6 nitrogen and oxygen atoms in total. The second kappa shape index (κ2) is 6.97. The summed E-state index contributed by atoms with van der Waals surface area (Å²) in [4.78, 5) is 22.6. The molecule has 0 aromatic heterocycles. The third-order valence-corrected chi connectivity index (χ3v) is 3.47. The molecule has 0 saturated carbocycles. The average Bonchev–Trinajstić information content (AvgIpc) is 2.92. The van der Waals surface area contributed by atoms with Crippen molar-refractivity contribution in [2.24, 2.45) is 5.92 Å². The smallest absolute Gasteiger partial charge is 0.308 e. The van der Waals surface area contributed by atoms with Gasteiger partial charge in [0, 0.05) is 13.0 Å². The third kappa shape index (κ3) is 4.11. The first-order valence-corrected chi connectivity index (χ1v) is 6.98. The predicted molar refractivity (Wildman–Crippen MR) is 75.3 cm³/mol. The molecule has 21 heavy (non-hydrogen) atoms. The normalized spacial score (nSPS) is 13.8. The van der Waals surface area contributed by atoms with E-state index in [1.54, 1.807) is 6.92 Å². The zero-order chi connectivity index (χ0) is 15.2. The Morgan fingerprint density at radius 2 is 2.10 bits per heavy atom. The number of nitrogens with one attached hydrogen (secondary N) is 1. The van der Waals surface area contributed by atoms with Gasteiger partial charge in [0.25, 0.3) is 0 Å². The van der Waals surface area contributed by atoms with Crippen LogP contribution in [0.25, 0.3) is 0 Å². The number of benzene rings is 1. The fraction of sp³-hybridized carbons (Fsp3) is 0.467. The molecule has 1 amide bonds. The van der Waals surface area contributed by atoms with Crippen molar-refractivity contribution in [1.82, 2.24) is 5.32 Å². The molecule has 0 radical (unpaired) electrons. The Morgan fingerprint density at radius 3 is 2.81 bits per heavy atom. The third-order valence-electron chi connectivity index (χ3n) is 3.47. The summed E-state index contributed by atoms with van der Waals surface area (Å²) in [6.07, 6.45) is 1.39. The number of amides is 1. The number of carboxylic acids is 1. The largest absolute Gasteiger partial charge is 0.481 e. The van der Waals surface area contributed by atoms with E-state index in [2.05, 4.69) is 5.32 Å². The van der Waals surface area contributed by atoms with Crippen molar-refractivity contribution < 1.29 is 24.2 Å². The van der Waals surface area contributed by atoms with Crippen LogP contribution in [0.2, 0.25) is 0 Å². The molecule has 6 heteroatoms. The summed E-state index contributed by atoms with van der Waals surface area (Å²) in [5, 5.41) is 11.6. The Balaban J connectivity index is 1.77. The van der Waals surface area contributed by atoms with E-state index in [4.69, 9.17) is 14.6 Å². The fourth-order valence-electron chi connectivity index (χ4n) is 2.09. The molecule has 114 valence electrons. The highest BCUT2D eigenvalue weighted by molar-refractivity contribution is 5.77. The van der Waals surface area contributed by atoms with Crippen LogP contribution >= 0.6 is 0 Å². The number of carbonyl (C=O) groups excluding carboxylic acids is 1. The maximum atomic E-state index is 11.7. The van der Waals surface area contributed by atoms with Crippen LogP contribution in [0.3, 0.4) is 0 Å². The Hall–Kier alpha value is -2.24. The van der Waals surface area contributed by atoms with Crippen molar-refractivity contribution in [2.75, 3.05) is 13.3 Å². The van der Waals surface area contributed by atoms with Gasteiger partial charge < -0.3 is 19.9 Å². The van der Waals surface area contributed by atoms with Crippen molar-refractivity contribution in [3.05, 3.63) is 23.8 Å². The number of aliphatic carboxylic acids is 1. The minimum absolute atomic E-state index is 0.146. The summed E-state index contributed by atoms with van der Waals surface area (Å²) >= 11 is 0. The molecular formula is C15H19NO5. The number of hydrogen-bond acceptors (Lipinski definition) is 4. The molecule has 1 aliphatic heterocycles. The number of carboxylic acid groups (broad SMARTS) is 1. The van der Waals surface area contributed by atoms with Gasteiger partial charge in [-0.15, -0.1) is 0 Å². The lowest BCUT2D eigenvalue weighted by atomic mass is 10.1. The molecular weight excluding hydrogens is 274 g/mol. The van der Waals surface area contributed by atoms with Crippen LogP contribution in [0.5, 0.6) is 11.5 Å². The molecule has 1 aromatic carbocycles. The lowest BCUT2D eigenvalue weighted by Gasteiger charge is -2.11.